The Balaban J connectivity index is 1.51. The van der Waals surface area contributed by atoms with Gasteiger partial charge in [0.25, 0.3) is 0 Å². The highest BCUT2D eigenvalue weighted by molar-refractivity contribution is 7.90. The van der Waals surface area contributed by atoms with Crippen molar-refractivity contribution in [3.63, 3.8) is 0 Å². The van der Waals surface area contributed by atoms with E-state index in [0.29, 0.717) is 5.25 Å². The molecule has 0 spiro atoms. The number of hydrogen-bond donors (Lipinski definition) is 2. The highest BCUT2D eigenvalue weighted by atomic mass is 32.2. The average Bonchev–Trinajstić information content (AvgIpc) is 3.04. The summed E-state index contributed by atoms with van der Waals surface area (Å²) < 4.78 is 17.8. The zero-order valence-corrected chi connectivity index (χ0v) is 15.2. The minimum atomic E-state index is -0.896. The Labute approximate surface area is 148 Å². The third-order valence-corrected chi connectivity index (χ3v) is 7.27. The topological polar surface area (TPSA) is 94.0 Å². The molecule has 7 nitrogen and oxygen atoms in total. The molecule has 25 heavy (non-hydrogen) atoms. The second kappa shape index (κ2) is 5.43. The van der Waals surface area contributed by atoms with Gasteiger partial charge in [-0.3, -0.25) is 4.40 Å². The summed E-state index contributed by atoms with van der Waals surface area (Å²) in [5, 5.41) is 9.22. The van der Waals surface area contributed by atoms with Gasteiger partial charge in [-0.15, -0.1) is 14.9 Å². The smallest absolute Gasteiger partial charge is 0.179 e. The van der Waals surface area contributed by atoms with Gasteiger partial charge in [0.1, 0.15) is 11.1 Å². The number of aromatic amines is 1. The zero-order valence-electron chi connectivity index (χ0n) is 14.4. The first kappa shape index (κ1) is 15.6. The molecule has 0 aromatic carbocycles. The third kappa shape index (κ3) is 2.54. The van der Waals surface area contributed by atoms with Crippen molar-refractivity contribution < 1.29 is 4.55 Å². The molecule has 132 valence electrons. The molecule has 3 aromatic rings. The molecule has 3 atom stereocenters. The molecule has 2 aliphatic carbocycles. The fourth-order valence-electron chi connectivity index (χ4n) is 4.18. The van der Waals surface area contributed by atoms with Crippen LogP contribution < -0.4 is 4.72 Å². The summed E-state index contributed by atoms with van der Waals surface area (Å²) in [6.45, 7) is 4.55. The van der Waals surface area contributed by atoms with Crippen molar-refractivity contribution in [1.82, 2.24) is 29.3 Å². The average molecular weight is 358 g/mol. The first-order chi connectivity index (χ1) is 12.0. The lowest BCUT2D eigenvalue weighted by atomic mass is 9.81. The Bertz CT molecular complexity index is 930. The lowest BCUT2D eigenvalue weighted by Crippen LogP contribution is -2.35. The second-order valence-corrected chi connectivity index (χ2v) is 9.51. The van der Waals surface area contributed by atoms with Gasteiger partial charge in [-0.1, -0.05) is 13.8 Å². The van der Waals surface area contributed by atoms with Crippen molar-refractivity contribution in [3.8, 4) is 0 Å². The van der Waals surface area contributed by atoms with Crippen LogP contribution >= 0.6 is 0 Å². The molecule has 0 amide bonds. The molecule has 2 fully saturated rings. The summed E-state index contributed by atoms with van der Waals surface area (Å²) in [6, 6.07) is 2.28. The van der Waals surface area contributed by atoms with Crippen molar-refractivity contribution in [3.05, 3.63) is 24.3 Å². The Kier molecular flexibility index (Phi) is 3.39. The Morgan fingerprint density at radius 2 is 2.20 bits per heavy atom. The number of nitrogens with one attached hydrogen (secondary N) is 2. The molecule has 8 heteroatoms. The van der Waals surface area contributed by atoms with Gasteiger partial charge in [0.2, 0.25) is 0 Å². The first-order valence-electron chi connectivity index (χ1n) is 8.87. The lowest BCUT2D eigenvalue weighted by Gasteiger charge is -2.25. The van der Waals surface area contributed by atoms with Gasteiger partial charge in [0, 0.05) is 36.3 Å². The molecular formula is C17H22N6OS. The van der Waals surface area contributed by atoms with Crippen LogP contribution in [0.15, 0.2) is 18.5 Å². The fourth-order valence-corrected chi connectivity index (χ4v) is 5.44. The maximum absolute atomic E-state index is 12.3. The molecule has 2 unspecified atom stereocenters. The maximum Gasteiger partial charge on any atom is 0.179 e. The Morgan fingerprint density at radius 3 is 3.00 bits per heavy atom. The fraction of sp³-hybridized carbons (Fsp3) is 0.588. The van der Waals surface area contributed by atoms with Gasteiger partial charge >= 0.3 is 0 Å². The van der Waals surface area contributed by atoms with E-state index in [0.717, 1.165) is 48.3 Å². The first-order valence-corrected chi connectivity index (χ1v) is 10.1. The highest BCUT2D eigenvalue weighted by Gasteiger charge is 2.46. The molecule has 0 radical (unpaired) electrons. The van der Waals surface area contributed by atoms with Crippen molar-refractivity contribution in [2.75, 3.05) is 0 Å². The van der Waals surface area contributed by atoms with Gasteiger partial charge in [-0.25, -0.2) is 4.98 Å². The van der Waals surface area contributed by atoms with E-state index < -0.39 is 11.4 Å². The molecule has 2 N–H and O–H groups in total. The third-order valence-electron chi connectivity index (χ3n) is 5.62. The molecule has 2 saturated carbocycles. The van der Waals surface area contributed by atoms with E-state index in [-0.39, 0.29) is 17.4 Å². The molecule has 2 aliphatic rings. The number of aromatic nitrogens is 5. The SMILES string of the molecule is CC1(C)CC(N[S+]([O-])C2CC2)C[C@@H]1c1nnc2cnc3[nH]ccc3n12. The standard InChI is InChI=1S/C17H22N6OS/c1-17(2)8-10(22-25(24)11-3-4-11)7-12(17)16-21-20-14-9-19-15-13(23(14)16)5-6-18-15/h5-6,9-12,18,22H,3-4,7-8H2,1-2H3/t10?,12-,25?/m1/s1. The number of H-pyrrole nitrogens is 1. The van der Waals surface area contributed by atoms with E-state index in [4.69, 9.17) is 0 Å². The van der Waals surface area contributed by atoms with Crippen LogP contribution in [-0.2, 0) is 11.4 Å². The minimum absolute atomic E-state index is 0.0697. The van der Waals surface area contributed by atoms with Crippen LogP contribution in [0.5, 0.6) is 0 Å². The van der Waals surface area contributed by atoms with Crippen LogP contribution in [0.4, 0.5) is 0 Å². The normalized spacial score (nSPS) is 27.3. The van der Waals surface area contributed by atoms with Gasteiger partial charge in [-0.2, -0.15) is 0 Å². The molecule has 3 heterocycles. The number of rotatable bonds is 4. The minimum Gasteiger partial charge on any atom is -0.598 e. The van der Waals surface area contributed by atoms with Crippen LogP contribution in [0.2, 0.25) is 0 Å². The van der Waals surface area contributed by atoms with E-state index >= 15 is 0 Å². The molecular weight excluding hydrogens is 336 g/mol. The van der Waals surface area contributed by atoms with E-state index in [9.17, 15) is 4.55 Å². The highest BCUT2D eigenvalue weighted by Crippen LogP contribution is 2.49. The second-order valence-electron chi connectivity index (χ2n) is 8.01. The van der Waals surface area contributed by atoms with E-state index in [1.54, 1.807) is 6.20 Å². The molecule has 3 aromatic heterocycles. The largest absolute Gasteiger partial charge is 0.598 e. The monoisotopic (exact) mass is 358 g/mol. The van der Waals surface area contributed by atoms with Gasteiger partial charge in [0.15, 0.2) is 11.3 Å². The summed E-state index contributed by atoms with van der Waals surface area (Å²) in [4.78, 5) is 7.55. The Morgan fingerprint density at radius 1 is 1.36 bits per heavy atom. The lowest BCUT2D eigenvalue weighted by molar-refractivity contribution is 0.318. The number of nitrogens with zero attached hydrogens (tertiary/aromatic N) is 4. The van der Waals surface area contributed by atoms with Crippen LogP contribution in [0.25, 0.3) is 16.8 Å². The van der Waals surface area contributed by atoms with Gasteiger partial charge in [-0.05, 0) is 24.3 Å². The summed E-state index contributed by atoms with van der Waals surface area (Å²) in [5.74, 6) is 1.24. The van der Waals surface area contributed by atoms with Gasteiger partial charge in [0.05, 0.1) is 17.8 Å². The summed E-state index contributed by atoms with van der Waals surface area (Å²) in [7, 11) is 0. The summed E-state index contributed by atoms with van der Waals surface area (Å²) >= 11 is -0.896. The van der Waals surface area contributed by atoms with Crippen LogP contribution in [0, 0.1) is 5.41 Å². The molecule has 5 rings (SSSR count). The predicted molar refractivity (Wildman–Crippen MR) is 96.5 cm³/mol. The van der Waals surface area contributed by atoms with Crippen LogP contribution in [-0.4, -0.2) is 40.4 Å². The summed E-state index contributed by atoms with van der Waals surface area (Å²) in [6.07, 6.45) is 7.75. The van der Waals surface area contributed by atoms with Crippen molar-refractivity contribution in [2.45, 2.75) is 56.7 Å². The molecule has 0 saturated heterocycles. The van der Waals surface area contributed by atoms with E-state index in [2.05, 4.69) is 43.1 Å². The van der Waals surface area contributed by atoms with E-state index in [1.807, 2.05) is 12.3 Å². The maximum atomic E-state index is 12.3. The number of fused-ring (bicyclic) bond motifs is 3. The zero-order chi connectivity index (χ0) is 17.2. The van der Waals surface area contributed by atoms with Crippen LogP contribution in [0.1, 0.15) is 51.3 Å². The quantitative estimate of drug-likeness (QED) is 0.698. The van der Waals surface area contributed by atoms with Gasteiger partial charge < -0.3 is 9.54 Å². The van der Waals surface area contributed by atoms with Crippen molar-refractivity contribution >= 4 is 28.2 Å². The van der Waals surface area contributed by atoms with Crippen LogP contribution in [0.3, 0.4) is 0 Å². The number of hydrogen-bond acceptors (Lipinski definition) is 5. The summed E-state index contributed by atoms with van der Waals surface area (Å²) in [5.41, 5.74) is 2.69. The van der Waals surface area contributed by atoms with Crippen molar-refractivity contribution in [2.24, 2.45) is 5.41 Å². The van der Waals surface area contributed by atoms with E-state index in [1.165, 1.54) is 0 Å². The molecule has 0 bridgehead atoms. The molecule has 0 aliphatic heterocycles. The predicted octanol–water partition coefficient (Wildman–Crippen LogP) is 2.29. The van der Waals surface area contributed by atoms with Crippen molar-refractivity contribution in [1.29, 1.82) is 0 Å². The Hall–Kier alpha value is -1.64.